The molecule has 0 radical (unpaired) electrons. The quantitative estimate of drug-likeness (QED) is 0.515. The first-order valence-corrected chi connectivity index (χ1v) is 5.66. The number of anilines is 1. The first-order valence-electron chi connectivity index (χ1n) is 5.66. The van der Waals surface area contributed by atoms with Crippen molar-refractivity contribution in [2.75, 3.05) is 5.43 Å². The number of rotatable bonds is 4. The predicted octanol–water partition coefficient (Wildman–Crippen LogP) is 3.39. The van der Waals surface area contributed by atoms with Crippen molar-refractivity contribution < 1.29 is 18.1 Å². The number of nitro benzene ring substituents is 1. The van der Waals surface area contributed by atoms with E-state index in [4.69, 9.17) is 0 Å². The van der Waals surface area contributed by atoms with Crippen LogP contribution in [0.5, 0.6) is 0 Å². The molecule has 0 saturated heterocycles. The first-order chi connectivity index (χ1) is 9.88. The maximum absolute atomic E-state index is 12.5. The number of hydrazone groups is 1. The molecule has 2 rings (SSSR count). The van der Waals surface area contributed by atoms with E-state index in [2.05, 4.69) is 15.5 Å². The number of alkyl halides is 3. The lowest BCUT2D eigenvalue weighted by atomic mass is 10.1. The Morgan fingerprint density at radius 3 is 2.67 bits per heavy atom. The van der Waals surface area contributed by atoms with Gasteiger partial charge in [-0.3, -0.25) is 15.5 Å². The van der Waals surface area contributed by atoms with Crippen molar-refractivity contribution >= 4 is 17.6 Å². The predicted molar refractivity (Wildman–Crippen MR) is 70.1 cm³/mol. The third-order valence-electron chi connectivity index (χ3n) is 2.53. The van der Waals surface area contributed by atoms with Crippen molar-refractivity contribution in [1.29, 1.82) is 0 Å². The second kappa shape index (κ2) is 5.65. The van der Waals surface area contributed by atoms with Gasteiger partial charge in [0.2, 0.25) is 0 Å². The van der Waals surface area contributed by atoms with Crippen LogP contribution in [0, 0.1) is 10.1 Å². The first kappa shape index (κ1) is 14.6. The number of nitrogens with zero attached hydrogens (tertiary/aromatic N) is 2. The molecular formula is C12H9F3N4O2. The molecule has 1 heterocycles. The maximum Gasteiger partial charge on any atom is 0.416 e. The minimum atomic E-state index is -4.64. The summed E-state index contributed by atoms with van der Waals surface area (Å²) in [7, 11) is 0. The molecule has 0 aliphatic rings. The number of hydrogen-bond donors (Lipinski definition) is 2. The van der Waals surface area contributed by atoms with Crippen LogP contribution in [0.4, 0.5) is 24.5 Å². The zero-order chi connectivity index (χ0) is 15.5. The van der Waals surface area contributed by atoms with Crippen LogP contribution >= 0.6 is 0 Å². The van der Waals surface area contributed by atoms with Crippen molar-refractivity contribution in [3.05, 3.63) is 57.9 Å². The Kier molecular flexibility index (Phi) is 3.92. The maximum atomic E-state index is 12.5. The molecule has 9 heteroatoms. The molecule has 0 saturated carbocycles. The van der Waals surface area contributed by atoms with Crippen molar-refractivity contribution in [2.24, 2.45) is 5.10 Å². The number of nitro groups is 1. The highest BCUT2D eigenvalue weighted by Gasteiger charge is 2.33. The van der Waals surface area contributed by atoms with Gasteiger partial charge in [0, 0.05) is 12.3 Å². The van der Waals surface area contributed by atoms with Crippen LogP contribution < -0.4 is 5.43 Å². The Labute approximate surface area is 116 Å². The molecule has 1 aromatic heterocycles. The zero-order valence-corrected chi connectivity index (χ0v) is 10.4. The van der Waals surface area contributed by atoms with E-state index in [1.54, 1.807) is 18.3 Å². The van der Waals surface area contributed by atoms with Crippen LogP contribution in [-0.4, -0.2) is 16.1 Å². The molecule has 0 amide bonds. The Morgan fingerprint density at radius 2 is 2.10 bits per heavy atom. The van der Waals surface area contributed by atoms with Gasteiger partial charge in [0.1, 0.15) is 5.69 Å². The third-order valence-corrected chi connectivity index (χ3v) is 2.53. The van der Waals surface area contributed by atoms with Crippen molar-refractivity contribution in [1.82, 2.24) is 4.98 Å². The van der Waals surface area contributed by atoms with E-state index in [1.165, 1.54) is 6.21 Å². The van der Waals surface area contributed by atoms with Gasteiger partial charge in [-0.25, -0.2) is 0 Å². The van der Waals surface area contributed by atoms with E-state index in [9.17, 15) is 23.3 Å². The van der Waals surface area contributed by atoms with Crippen LogP contribution in [0.3, 0.4) is 0 Å². The summed E-state index contributed by atoms with van der Waals surface area (Å²) in [6.07, 6.45) is -1.64. The average Bonchev–Trinajstić information content (AvgIpc) is 2.90. The second-order valence-electron chi connectivity index (χ2n) is 3.98. The number of nitrogens with one attached hydrogen (secondary N) is 2. The summed E-state index contributed by atoms with van der Waals surface area (Å²) in [6, 6.07) is 5.60. The molecular weight excluding hydrogens is 289 g/mol. The molecule has 0 bridgehead atoms. The zero-order valence-electron chi connectivity index (χ0n) is 10.4. The molecule has 2 N–H and O–H groups in total. The minimum absolute atomic E-state index is 0.129. The Balaban J connectivity index is 2.25. The fourth-order valence-corrected chi connectivity index (χ4v) is 1.55. The SMILES string of the molecule is O=[N+]([O-])c1cc(C(F)(F)F)ccc1NN=Cc1ccc[nH]1. The Morgan fingerprint density at radius 1 is 1.33 bits per heavy atom. The van der Waals surface area contributed by atoms with Gasteiger partial charge in [0.05, 0.1) is 22.4 Å². The van der Waals surface area contributed by atoms with Crippen molar-refractivity contribution in [3.63, 3.8) is 0 Å². The minimum Gasteiger partial charge on any atom is -0.360 e. The molecule has 0 spiro atoms. The number of aromatic nitrogens is 1. The number of aromatic amines is 1. The van der Waals surface area contributed by atoms with Gasteiger partial charge in [-0.1, -0.05) is 0 Å². The highest BCUT2D eigenvalue weighted by atomic mass is 19.4. The van der Waals surface area contributed by atoms with Gasteiger partial charge in [-0.05, 0) is 24.3 Å². The lowest BCUT2D eigenvalue weighted by Gasteiger charge is -2.08. The molecule has 0 aliphatic heterocycles. The molecule has 0 fully saturated rings. The lowest BCUT2D eigenvalue weighted by molar-refractivity contribution is -0.384. The average molecular weight is 298 g/mol. The number of H-pyrrole nitrogens is 1. The Hall–Kier alpha value is -2.84. The van der Waals surface area contributed by atoms with Crippen molar-refractivity contribution in [2.45, 2.75) is 6.18 Å². The summed E-state index contributed by atoms with van der Waals surface area (Å²) in [5.74, 6) is 0. The highest BCUT2D eigenvalue weighted by Crippen LogP contribution is 2.34. The lowest BCUT2D eigenvalue weighted by Crippen LogP contribution is -2.06. The summed E-state index contributed by atoms with van der Waals surface area (Å²) < 4.78 is 37.6. The van der Waals surface area contributed by atoms with Crippen LogP contribution in [-0.2, 0) is 6.18 Å². The summed E-state index contributed by atoms with van der Waals surface area (Å²) in [6.45, 7) is 0. The molecule has 2 aromatic rings. The molecule has 0 atom stereocenters. The van der Waals surface area contributed by atoms with E-state index < -0.39 is 22.4 Å². The molecule has 21 heavy (non-hydrogen) atoms. The van der Waals surface area contributed by atoms with Gasteiger partial charge in [-0.15, -0.1) is 0 Å². The van der Waals surface area contributed by atoms with Crippen LogP contribution in [0.15, 0.2) is 41.6 Å². The summed E-state index contributed by atoms with van der Waals surface area (Å²) in [4.78, 5) is 12.7. The van der Waals surface area contributed by atoms with E-state index >= 15 is 0 Å². The highest BCUT2D eigenvalue weighted by molar-refractivity contribution is 5.78. The second-order valence-corrected chi connectivity index (χ2v) is 3.98. The van der Waals surface area contributed by atoms with E-state index in [-0.39, 0.29) is 5.69 Å². The largest absolute Gasteiger partial charge is 0.416 e. The van der Waals surface area contributed by atoms with Crippen LogP contribution in [0.2, 0.25) is 0 Å². The molecule has 110 valence electrons. The van der Waals surface area contributed by atoms with E-state index in [0.29, 0.717) is 11.8 Å². The topological polar surface area (TPSA) is 83.3 Å². The summed E-state index contributed by atoms with van der Waals surface area (Å²) in [5.41, 5.74) is 1.07. The van der Waals surface area contributed by atoms with Gasteiger partial charge in [-0.2, -0.15) is 18.3 Å². The van der Waals surface area contributed by atoms with Gasteiger partial charge >= 0.3 is 6.18 Å². The van der Waals surface area contributed by atoms with Crippen molar-refractivity contribution in [3.8, 4) is 0 Å². The molecule has 1 aromatic carbocycles. The van der Waals surface area contributed by atoms with Gasteiger partial charge < -0.3 is 4.98 Å². The summed E-state index contributed by atoms with van der Waals surface area (Å²) in [5, 5.41) is 14.6. The normalized spacial score (nSPS) is 11.8. The van der Waals surface area contributed by atoms with E-state index in [0.717, 1.165) is 12.1 Å². The Bertz CT molecular complexity index is 666. The molecule has 0 aliphatic carbocycles. The standard InChI is InChI=1S/C12H9F3N4O2/c13-12(14,15)8-3-4-10(11(6-8)19(20)21)18-17-7-9-2-1-5-16-9/h1-7,16,18H. The van der Waals surface area contributed by atoms with E-state index in [1.807, 2.05) is 0 Å². The van der Waals surface area contributed by atoms with Crippen LogP contribution in [0.25, 0.3) is 0 Å². The third kappa shape index (κ3) is 3.59. The smallest absolute Gasteiger partial charge is 0.360 e. The summed E-state index contributed by atoms with van der Waals surface area (Å²) >= 11 is 0. The number of benzene rings is 1. The fraction of sp³-hybridized carbons (Fsp3) is 0.0833. The molecule has 0 unspecified atom stereocenters. The molecule has 6 nitrogen and oxygen atoms in total. The van der Waals surface area contributed by atoms with Gasteiger partial charge in [0.15, 0.2) is 0 Å². The van der Waals surface area contributed by atoms with Crippen LogP contribution in [0.1, 0.15) is 11.3 Å². The fourth-order valence-electron chi connectivity index (χ4n) is 1.55. The monoisotopic (exact) mass is 298 g/mol. The number of hydrogen-bond acceptors (Lipinski definition) is 4. The van der Waals surface area contributed by atoms with Gasteiger partial charge in [0.25, 0.3) is 5.69 Å². The number of halogens is 3.